The van der Waals surface area contributed by atoms with Gasteiger partial charge in [0, 0.05) is 12.6 Å². The number of nitrogens with one attached hydrogen (secondary N) is 1. The van der Waals surface area contributed by atoms with Gasteiger partial charge in [-0.2, -0.15) is 0 Å². The van der Waals surface area contributed by atoms with Gasteiger partial charge in [0.1, 0.15) is 17.2 Å². The monoisotopic (exact) mass is 337 g/mol. The molecule has 0 aliphatic rings. The molecule has 0 atom stereocenters. The molecule has 0 aromatic heterocycles. The molecule has 0 bridgehead atoms. The van der Waals surface area contributed by atoms with Crippen molar-refractivity contribution in [1.29, 1.82) is 0 Å². The summed E-state index contributed by atoms with van der Waals surface area (Å²) in [6.45, 7) is 0.613. The number of phenolic OH excluding ortho intramolecular Hbond substituents is 1. The molecule has 0 aliphatic heterocycles. The average Bonchev–Trinajstić information content (AvgIpc) is 2.48. The zero-order valence-corrected chi connectivity index (χ0v) is 12.9. The van der Waals surface area contributed by atoms with Crippen molar-refractivity contribution >= 4 is 21.6 Å². The van der Waals surface area contributed by atoms with E-state index < -0.39 is 0 Å². The predicted molar refractivity (Wildman–Crippen MR) is 82.7 cm³/mol. The molecule has 0 fully saturated rings. The van der Waals surface area contributed by atoms with Gasteiger partial charge >= 0.3 is 0 Å². The van der Waals surface area contributed by atoms with Crippen LogP contribution in [0.5, 0.6) is 17.2 Å². The maximum Gasteiger partial charge on any atom is 0.142 e. The third-order valence-electron chi connectivity index (χ3n) is 2.90. The van der Waals surface area contributed by atoms with Crippen molar-refractivity contribution in [3.8, 4) is 17.2 Å². The molecule has 106 valence electrons. The summed E-state index contributed by atoms with van der Waals surface area (Å²) in [6.07, 6.45) is 0. The van der Waals surface area contributed by atoms with Gasteiger partial charge < -0.3 is 19.9 Å². The maximum atomic E-state index is 9.48. The minimum atomic E-state index is 0.229. The molecular formula is C15H16BrNO3. The molecule has 2 N–H and O–H groups in total. The smallest absolute Gasteiger partial charge is 0.142 e. The Hall–Kier alpha value is -1.88. The summed E-state index contributed by atoms with van der Waals surface area (Å²) in [5.74, 6) is 1.75. The molecule has 2 aromatic carbocycles. The highest BCUT2D eigenvalue weighted by atomic mass is 79.9. The van der Waals surface area contributed by atoms with Crippen LogP contribution in [0, 0.1) is 0 Å². The number of rotatable bonds is 5. The molecule has 20 heavy (non-hydrogen) atoms. The molecule has 0 saturated heterocycles. The Morgan fingerprint density at radius 1 is 1.10 bits per heavy atom. The van der Waals surface area contributed by atoms with E-state index >= 15 is 0 Å². The molecule has 4 nitrogen and oxygen atoms in total. The number of hydrogen-bond donors (Lipinski definition) is 2. The summed E-state index contributed by atoms with van der Waals surface area (Å²) in [5.41, 5.74) is 1.90. The Kier molecular flexibility index (Phi) is 4.74. The molecule has 0 spiro atoms. The lowest BCUT2D eigenvalue weighted by atomic mass is 10.2. The first kappa shape index (κ1) is 14.5. The third kappa shape index (κ3) is 3.36. The van der Waals surface area contributed by atoms with E-state index in [0.29, 0.717) is 11.0 Å². The summed E-state index contributed by atoms with van der Waals surface area (Å²) < 4.78 is 11.2. The zero-order valence-electron chi connectivity index (χ0n) is 11.3. The first-order valence-corrected chi connectivity index (χ1v) is 6.86. The Labute approximate surface area is 126 Å². The van der Waals surface area contributed by atoms with Crippen LogP contribution in [0.4, 0.5) is 5.69 Å². The van der Waals surface area contributed by atoms with Gasteiger partial charge in [0.25, 0.3) is 0 Å². The van der Waals surface area contributed by atoms with Crippen molar-refractivity contribution < 1.29 is 14.6 Å². The topological polar surface area (TPSA) is 50.7 Å². The number of halogens is 1. The average molecular weight is 338 g/mol. The number of phenols is 1. The second-order valence-corrected chi connectivity index (χ2v) is 5.06. The van der Waals surface area contributed by atoms with Gasteiger partial charge in [-0.1, -0.05) is 6.07 Å². The van der Waals surface area contributed by atoms with Gasteiger partial charge in [-0.25, -0.2) is 0 Å². The highest BCUT2D eigenvalue weighted by molar-refractivity contribution is 9.10. The number of anilines is 1. The highest BCUT2D eigenvalue weighted by Gasteiger charge is 2.05. The summed E-state index contributed by atoms with van der Waals surface area (Å²) in [7, 11) is 3.26. The Morgan fingerprint density at radius 2 is 1.90 bits per heavy atom. The highest BCUT2D eigenvalue weighted by Crippen LogP contribution is 2.30. The SMILES string of the molecule is COc1ccc(OC)c(NCc2ccc(O)c(Br)c2)c1. The molecule has 2 aromatic rings. The van der Waals surface area contributed by atoms with Crippen molar-refractivity contribution in [2.45, 2.75) is 6.54 Å². The molecule has 5 heteroatoms. The second-order valence-electron chi connectivity index (χ2n) is 4.21. The van der Waals surface area contributed by atoms with Gasteiger partial charge in [0.15, 0.2) is 0 Å². The maximum absolute atomic E-state index is 9.48. The Balaban J connectivity index is 2.15. The molecule has 0 amide bonds. The van der Waals surface area contributed by atoms with Crippen molar-refractivity contribution in [2.75, 3.05) is 19.5 Å². The fourth-order valence-electron chi connectivity index (χ4n) is 1.81. The van der Waals surface area contributed by atoms with Crippen LogP contribution in [0.2, 0.25) is 0 Å². The van der Waals surface area contributed by atoms with E-state index in [2.05, 4.69) is 21.2 Å². The summed E-state index contributed by atoms with van der Waals surface area (Å²) in [4.78, 5) is 0. The summed E-state index contributed by atoms with van der Waals surface area (Å²) in [6, 6.07) is 11.0. The van der Waals surface area contributed by atoms with Gasteiger partial charge in [-0.15, -0.1) is 0 Å². The van der Waals surface area contributed by atoms with E-state index in [9.17, 15) is 5.11 Å². The minimum absolute atomic E-state index is 0.229. The number of hydrogen-bond acceptors (Lipinski definition) is 4. The minimum Gasteiger partial charge on any atom is -0.507 e. The zero-order chi connectivity index (χ0) is 14.5. The first-order chi connectivity index (χ1) is 9.63. The molecule has 0 saturated carbocycles. The molecular weight excluding hydrogens is 322 g/mol. The lowest BCUT2D eigenvalue weighted by molar-refractivity contribution is 0.404. The number of methoxy groups -OCH3 is 2. The molecule has 0 heterocycles. The fraction of sp³-hybridized carbons (Fsp3) is 0.200. The number of benzene rings is 2. The number of ether oxygens (including phenoxy) is 2. The number of aromatic hydroxyl groups is 1. The van der Waals surface area contributed by atoms with Gasteiger partial charge in [0.2, 0.25) is 0 Å². The molecule has 0 unspecified atom stereocenters. The largest absolute Gasteiger partial charge is 0.507 e. The quantitative estimate of drug-likeness (QED) is 0.871. The Morgan fingerprint density at radius 3 is 2.55 bits per heavy atom. The van der Waals surface area contributed by atoms with Gasteiger partial charge in [-0.05, 0) is 45.8 Å². The standard InChI is InChI=1S/C15H16BrNO3/c1-19-11-4-6-15(20-2)13(8-11)17-9-10-3-5-14(18)12(16)7-10/h3-8,17-18H,9H2,1-2H3. The second kappa shape index (κ2) is 6.52. The van der Waals surface area contributed by atoms with E-state index in [-0.39, 0.29) is 5.75 Å². The van der Waals surface area contributed by atoms with Crippen LogP contribution in [0.15, 0.2) is 40.9 Å². The van der Waals surface area contributed by atoms with Crippen molar-refractivity contribution in [2.24, 2.45) is 0 Å². The van der Waals surface area contributed by atoms with Crippen LogP contribution in [0.1, 0.15) is 5.56 Å². The van der Waals surface area contributed by atoms with E-state index in [1.165, 1.54) is 0 Å². The Bertz CT molecular complexity index is 602. The van der Waals surface area contributed by atoms with Crippen molar-refractivity contribution in [3.05, 3.63) is 46.4 Å². The summed E-state index contributed by atoms with van der Waals surface area (Å²) >= 11 is 3.30. The third-order valence-corrected chi connectivity index (χ3v) is 3.54. The van der Waals surface area contributed by atoms with Gasteiger partial charge in [-0.3, -0.25) is 0 Å². The van der Waals surface area contributed by atoms with E-state index in [4.69, 9.17) is 9.47 Å². The molecule has 0 radical (unpaired) electrons. The van der Waals surface area contributed by atoms with Gasteiger partial charge in [0.05, 0.1) is 24.4 Å². The van der Waals surface area contributed by atoms with Crippen LogP contribution in [0.3, 0.4) is 0 Å². The predicted octanol–water partition coefficient (Wildman–Crippen LogP) is 3.78. The first-order valence-electron chi connectivity index (χ1n) is 6.07. The normalized spacial score (nSPS) is 10.2. The lowest BCUT2D eigenvalue weighted by Crippen LogP contribution is -2.01. The van der Waals surface area contributed by atoms with Crippen LogP contribution >= 0.6 is 15.9 Å². The van der Waals surface area contributed by atoms with E-state index in [1.54, 1.807) is 20.3 Å². The molecule has 0 aliphatic carbocycles. The summed E-state index contributed by atoms with van der Waals surface area (Å²) in [5, 5.41) is 12.8. The van der Waals surface area contributed by atoms with Crippen LogP contribution < -0.4 is 14.8 Å². The van der Waals surface area contributed by atoms with Crippen LogP contribution in [0.25, 0.3) is 0 Å². The fourth-order valence-corrected chi connectivity index (χ4v) is 2.24. The van der Waals surface area contributed by atoms with Crippen LogP contribution in [-0.2, 0) is 6.54 Å². The van der Waals surface area contributed by atoms with Crippen LogP contribution in [-0.4, -0.2) is 19.3 Å². The van der Waals surface area contributed by atoms with Crippen molar-refractivity contribution in [1.82, 2.24) is 0 Å². The van der Waals surface area contributed by atoms with E-state index in [0.717, 1.165) is 22.7 Å². The van der Waals surface area contributed by atoms with Crippen molar-refractivity contribution in [3.63, 3.8) is 0 Å². The van der Waals surface area contributed by atoms with E-state index in [1.807, 2.05) is 30.3 Å². The lowest BCUT2D eigenvalue weighted by Gasteiger charge is -2.13. The molecule has 2 rings (SSSR count).